The van der Waals surface area contributed by atoms with Gasteiger partial charge < -0.3 is 24.4 Å². The highest BCUT2D eigenvalue weighted by molar-refractivity contribution is 6.32. The lowest BCUT2D eigenvalue weighted by Gasteiger charge is -2.28. The van der Waals surface area contributed by atoms with E-state index in [1.54, 1.807) is 14.2 Å². The van der Waals surface area contributed by atoms with E-state index < -0.39 is 0 Å². The molecule has 7 heteroatoms. The maximum absolute atomic E-state index is 13.9. The molecule has 1 amide bonds. The van der Waals surface area contributed by atoms with Gasteiger partial charge in [0.1, 0.15) is 19.3 Å². The van der Waals surface area contributed by atoms with Gasteiger partial charge in [0.15, 0.2) is 0 Å². The van der Waals surface area contributed by atoms with E-state index in [-0.39, 0.29) is 11.9 Å². The summed E-state index contributed by atoms with van der Waals surface area (Å²) in [5, 5.41) is 3.41. The SMILES string of the molecule is Bc1cccc(C2=C(C(=O)N(Cc3cc(OC)cc(OCCCOC)c3)C3CC3)CNCC2)c1. The normalized spacial score (nSPS) is 15.8. The van der Waals surface area contributed by atoms with Crippen molar-refractivity contribution in [1.29, 1.82) is 0 Å². The Balaban J connectivity index is 1.58. The third kappa shape index (κ3) is 6.22. The number of hydrogen-bond donors (Lipinski definition) is 1. The van der Waals surface area contributed by atoms with Crippen LogP contribution >= 0.6 is 0 Å². The maximum Gasteiger partial charge on any atom is 0.251 e. The summed E-state index contributed by atoms with van der Waals surface area (Å²) in [6.07, 6.45) is 3.79. The Kier molecular flexibility index (Phi) is 8.30. The lowest BCUT2D eigenvalue weighted by Crippen LogP contribution is -2.39. The minimum absolute atomic E-state index is 0.136. The van der Waals surface area contributed by atoms with E-state index in [0.717, 1.165) is 60.4 Å². The molecule has 1 aliphatic heterocycles. The van der Waals surface area contributed by atoms with Crippen molar-refractivity contribution in [3.63, 3.8) is 0 Å². The highest BCUT2D eigenvalue weighted by Gasteiger charge is 2.35. The molecule has 4 rings (SSSR count). The van der Waals surface area contributed by atoms with Crippen LogP contribution in [0.5, 0.6) is 11.5 Å². The van der Waals surface area contributed by atoms with Crippen molar-refractivity contribution in [2.45, 2.75) is 38.3 Å². The van der Waals surface area contributed by atoms with Gasteiger partial charge in [0.05, 0.1) is 13.7 Å². The average molecular weight is 462 g/mol. The minimum atomic E-state index is 0.136. The summed E-state index contributed by atoms with van der Waals surface area (Å²) < 4.78 is 16.6. The van der Waals surface area contributed by atoms with Gasteiger partial charge in [0.2, 0.25) is 0 Å². The zero-order chi connectivity index (χ0) is 23.9. The highest BCUT2D eigenvalue weighted by Crippen LogP contribution is 2.34. The van der Waals surface area contributed by atoms with Crippen LogP contribution in [0.4, 0.5) is 0 Å². The Morgan fingerprint density at radius 1 is 1.12 bits per heavy atom. The van der Waals surface area contributed by atoms with Crippen LogP contribution in [-0.2, 0) is 16.1 Å². The number of benzene rings is 2. The van der Waals surface area contributed by atoms with Crippen LogP contribution in [0.25, 0.3) is 5.57 Å². The summed E-state index contributed by atoms with van der Waals surface area (Å²) in [4.78, 5) is 15.9. The van der Waals surface area contributed by atoms with Gasteiger partial charge in [-0.05, 0) is 54.6 Å². The van der Waals surface area contributed by atoms with Crippen molar-refractivity contribution < 1.29 is 19.0 Å². The number of nitrogens with zero attached hydrogens (tertiary/aromatic N) is 1. The molecule has 6 nitrogen and oxygen atoms in total. The van der Waals surface area contributed by atoms with Crippen molar-refractivity contribution in [3.05, 3.63) is 59.2 Å². The predicted molar refractivity (Wildman–Crippen MR) is 138 cm³/mol. The van der Waals surface area contributed by atoms with Crippen molar-refractivity contribution in [2.24, 2.45) is 0 Å². The zero-order valence-corrected chi connectivity index (χ0v) is 20.6. The number of hydrogen-bond acceptors (Lipinski definition) is 5. The minimum Gasteiger partial charge on any atom is -0.497 e. The fraction of sp³-hybridized carbons (Fsp3) is 0.444. The van der Waals surface area contributed by atoms with Gasteiger partial charge in [-0.25, -0.2) is 0 Å². The number of nitrogens with one attached hydrogen (secondary N) is 1. The molecule has 1 fully saturated rings. The third-order valence-electron chi connectivity index (χ3n) is 6.38. The molecule has 0 spiro atoms. The first-order valence-electron chi connectivity index (χ1n) is 12.2. The second-order valence-electron chi connectivity index (χ2n) is 9.13. The van der Waals surface area contributed by atoms with E-state index in [1.165, 1.54) is 11.0 Å². The van der Waals surface area contributed by atoms with Gasteiger partial charge in [-0.15, -0.1) is 0 Å². The van der Waals surface area contributed by atoms with Crippen molar-refractivity contribution in [3.8, 4) is 11.5 Å². The van der Waals surface area contributed by atoms with Crippen LogP contribution in [0.15, 0.2) is 48.0 Å². The first kappa shape index (κ1) is 24.4. The summed E-state index contributed by atoms with van der Waals surface area (Å²) >= 11 is 0. The maximum atomic E-state index is 13.9. The molecule has 0 atom stereocenters. The number of rotatable bonds is 11. The van der Waals surface area contributed by atoms with Gasteiger partial charge in [-0.1, -0.05) is 29.7 Å². The molecule has 1 saturated carbocycles. The van der Waals surface area contributed by atoms with Gasteiger partial charge in [-0.2, -0.15) is 0 Å². The number of methoxy groups -OCH3 is 2. The lowest BCUT2D eigenvalue weighted by atomic mass is 9.88. The Bertz CT molecular complexity index is 1040. The van der Waals surface area contributed by atoms with Gasteiger partial charge >= 0.3 is 0 Å². The van der Waals surface area contributed by atoms with Crippen LogP contribution in [0.3, 0.4) is 0 Å². The topological polar surface area (TPSA) is 60.0 Å². The smallest absolute Gasteiger partial charge is 0.251 e. The molecule has 2 aromatic rings. The van der Waals surface area contributed by atoms with Crippen LogP contribution in [0.2, 0.25) is 0 Å². The van der Waals surface area contributed by atoms with E-state index in [0.29, 0.717) is 26.3 Å². The average Bonchev–Trinajstić information content (AvgIpc) is 3.70. The molecule has 0 saturated heterocycles. The van der Waals surface area contributed by atoms with Gasteiger partial charge in [0.25, 0.3) is 5.91 Å². The standard InChI is InChI=1S/C27H35BN2O4/c1-32-11-4-12-34-24-14-19(13-23(16-24)33-2)18-30(22-7-8-22)27(31)26-17-29-10-9-25(26)20-5-3-6-21(28)15-20/h3,5-6,13-16,22,29H,4,7-12,17-18,28H2,1-2H3. The molecule has 2 aromatic carbocycles. The van der Waals surface area contributed by atoms with Crippen LogP contribution in [0, 0.1) is 0 Å². The van der Waals surface area contributed by atoms with Crippen LogP contribution in [0.1, 0.15) is 36.8 Å². The first-order valence-corrected chi connectivity index (χ1v) is 12.2. The summed E-state index contributed by atoms with van der Waals surface area (Å²) in [6.45, 7) is 3.28. The lowest BCUT2D eigenvalue weighted by molar-refractivity contribution is -0.128. The highest BCUT2D eigenvalue weighted by atomic mass is 16.5. The molecule has 0 unspecified atom stereocenters. The predicted octanol–water partition coefficient (Wildman–Crippen LogP) is 2.31. The van der Waals surface area contributed by atoms with Gasteiger partial charge in [-0.3, -0.25) is 4.79 Å². The second-order valence-corrected chi connectivity index (χ2v) is 9.13. The quantitative estimate of drug-likeness (QED) is 0.410. The number of carbonyl (C=O) groups is 1. The largest absolute Gasteiger partial charge is 0.497 e. The van der Waals surface area contributed by atoms with Crippen LogP contribution < -0.4 is 20.3 Å². The van der Waals surface area contributed by atoms with Crippen LogP contribution in [-0.4, -0.2) is 65.2 Å². The summed E-state index contributed by atoms with van der Waals surface area (Å²) in [6, 6.07) is 14.7. The number of amides is 1. The van der Waals surface area contributed by atoms with E-state index in [2.05, 4.69) is 37.4 Å². The molecule has 1 N–H and O–H groups in total. The first-order chi connectivity index (χ1) is 16.6. The fourth-order valence-corrected chi connectivity index (χ4v) is 4.48. The molecule has 0 aromatic heterocycles. The van der Waals surface area contributed by atoms with E-state index in [4.69, 9.17) is 14.2 Å². The molecule has 180 valence electrons. The van der Waals surface area contributed by atoms with Crippen molar-refractivity contribution >= 4 is 24.8 Å². The number of ether oxygens (including phenoxy) is 3. The molecule has 34 heavy (non-hydrogen) atoms. The Morgan fingerprint density at radius 3 is 2.68 bits per heavy atom. The summed E-state index contributed by atoms with van der Waals surface area (Å²) in [5.74, 6) is 1.63. The molecule has 0 radical (unpaired) electrons. The second kappa shape index (κ2) is 11.6. The molecule has 0 bridgehead atoms. The summed E-state index contributed by atoms with van der Waals surface area (Å²) in [5.41, 5.74) is 5.45. The Morgan fingerprint density at radius 2 is 1.94 bits per heavy atom. The Labute approximate surface area is 203 Å². The van der Waals surface area contributed by atoms with Crippen molar-refractivity contribution in [2.75, 3.05) is 40.5 Å². The van der Waals surface area contributed by atoms with E-state index in [9.17, 15) is 4.79 Å². The molecular weight excluding hydrogens is 427 g/mol. The third-order valence-corrected chi connectivity index (χ3v) is 6.38. The summed E-state index contributed by atoms with van der Waals surface area (Å²) in [7, 11) is 5.44. The number of carbonyl (C=O) groups excluding carboxylic acids is 1. The molecule has 1 heterocycles. The fourth-order valence-electron chi connectivity index (χ4n) is 4.48. The Hall–Kier alpha value is -2.77. The van der Waals surface area contributed by atoms with Gasteiger partial charge in [0, 0.05) is 50.9 Å². The molecular formula is C27H35BN2O4. The monoisotopic (exact) mass is 462 g/mol. The zero-order valence-electron chi connectivity index (χ0n) is 20.6. The van der Waals surface area contributed by atoms with E-state index >= 15 is 0 Å². The molecule has 2 aliphatic rings. The van der Waals surface area contributed by atoms with Crippen molar-refractivity contribution in [1.82, 2.24) is 10.2 Å². The molecule has 1 aliphatic carbocycles. The van der Waals surface area contributed by atoms with E-state index in [1.807, 2.05) is 23.1 Å².